The molecule has 0 radical (unpaired) electrons. The van der Waals surface area contributed by atoms with Crippen LogP contribution in [0.2, 0.25) is 0 Å². The van der Waals surface area contributed by atoms with E-state index in [0.717, 1.165) is 5.56 Å². The van der Waals surface area contributed by atoms with Crippen LogP contribution in [-0.4, -0.2) is 29.4 Å². The molecule has 4 aromatic rings. The van der Waals surface area contributed by atoms with E-state index in [9.17, 15) is 14.9 Å². The minimum atomic E-state index is -0.498. The number of hydrogen-bond donors (Lipinski definition) is 0. The van der Waals surface area contributed by atoms with E-state index in [1.165, 1.54) is 27.8 Å². The lowest BCUT2D eigenvalue weighted by Gasteiger charge is -2.06. The van der Waals surface area contributed by atoms with Crippen LogP contribution in [0.3, 0.4) is 0 Å². The lowest BCUT2D eigenvalue weighted by molar-refractivity contribution is -0.384. The molecule has 10 heteroatoms. The third-order valence-corrected chi connectivity index (χ3v) is 4.37. The van der Waals surface area contributed by atoms with E-state index >= 15 is 0 Å². The average molecular weight is 366 g/mol. The van der Waals surface area contributed by atoms with Gasteiger partial charge in [0.15, 0.2) is 5.65 Å². The van der Waals surface area contributed by atoms with Crippen molar-refractivity contribution >= 4 is 16.7 Å². The van der Waals surface area contributed by atoms with Crippen LogP contribution in [0.5, 0.6) is 0 Å². The second-order valence-corrected chi connectivity index (χ2v) is 6.02. The minimum absolute atomic E-state index is 0.121. The fraction of sp³-hybridized carbons (Fsp3) is 0.176. The summed E-state index contributed by atoms with van der Waals surface area (Å²) in [5, 5.41) is 19.6. The quantitative estimate of drug-likeness (QED) is 0.400. The summed E-state index contributed by atoms with van der Waals surface area (Å²) < 4.78 is 7.86. The Morgan fingerprint density at radius 1 is 1.26 bits per heavy atom. The molecule has 136 valence electrons. The van der Waals surface area contributed by atoms with Crippen molar-refractivity contribution in [2.75, 3.05) is 0 Å². The van der Waals surface area contributed by atoms with Crippen molar-refractivity contribution in [2.24, 2.45) is 0 Å². The predicted octanol–water partition coefficient (Wildman–Crippen LogP) is 2.14. The van der Waals surface area contributed by atoms with Gasteiger partial charge in [-0.3, -0.25) is 19.5 Å². The third-order valence-electron chi connectivity index (χ3n) is 4.37. The van der Waals surface area contributed by atoms with E-state index in [1.54, 1.807) is 32.0 Å². The summed E-state index contributed by atoms with van der Waals surface area (Å²) >= 11 is 0. The van der Waals surface area contributed by atoms with Crippen LogP contribution < -0.4 is 5.56 Å². The van der Waals surface area contributed by atoms with Crippen molar-refractivity contribution in [3.05, 3.63) is 74.3 Å². The molecule has 0 bridgehead atoms. The van der Waals surface area contributed by atoms with Crippen molar-refractivity contribution < 1.29 is 9.45 Å². The number of hydrogen-bond acceptors (Lipinski definition) is 7. The SMILES string of the molecule is Cc1noc(C)c1Cn1cnc2c(cnn2-c2ccccc2[N+](=O)[O-])c1=O. The van der Waals surface area contributed by atoms with E-state index in [2.05, 4.69) is 15.2 Å². The number of aromatic nitrogens is 5. The van der Waals surface area contributed by atoms with Crippen LogP contribution in [0.1, 0.15) is 17.0 Å². The van der Waals surface area contributed by atoms with Crippen molar-refractivity contribution in [3.63, 3.8) is 0 Å². The molecule has 0 fully saturated rings. The van der Waals surface area contributed by atoms with Crippen LogP contribution in [0.4, 0.5) is 5.69 Å². The summed E-state index contributed by atoms with van der Waals surface area (Å²) in [4.78, 5) is 27.9. The molecule has 0 saturated heterocycles. The van der Waals surface area contributed by atoms with Gasteiger partial charge in [0, 0.05) is 11.6 Å². The Hall–Kier alpha value is -3.82. The first kappa shape index (κ1) is 16.6. The van der Waals surface area contributed by atoms with Crippen LogP contribution >= 0.6 is 0 Å². The fourth-order valence-electron chi connectivity index (χ4n) is 2.93. The first-order chi connectivity index (χ1) is 13.0. The lowest BCUT2D eigenvalue weighted by atomic mass is 10.2. The number of rotatable bonds is 4. The normalized spacial score (nSPS) is 11.2. The minimum Gasteiger partial charge on any atom is -0.361 e. The molecule has 4 rings (SSSR count). The molecule has 0 N–H and O–H groups in total. The van der Waals surface area contributed by atoms with E-state index in [1.807, 2.05) is 0 Å². The monoisotopic (exact) mass is 366 g/mol. The van der Waals surface area contributed by atoms with Crippen LogP contribution in [-0.2, 0) is 6.54 Å². The molecule has 0 aliphatic rings. The van der Waals surface area contributed by atoms with E-state index in [-0.39, 0.29) is 34.5 Å². The first-order valence-corrected chi connectivity index (χ1v) is 8.06. The Labute approximate surface area is 151 Å². The number of para-hydroxylation sites is 2. The molecular formula is C17H14N6O4. The Morgan fingerprint density at radius 2 is 2.04 bits per heavy atom. The molecule has 0 amide bonds. The van der Waals surface area contributed by atoms with Gasteiger partial charge in [-0.15, -0.1) is 0 Å². The van der Waals surface area contributed by atoms with Gasteiger partial charge in [0.05, 0.1) is 23.4 Å². The predicted molar refractivity (Wildman–Crippen MR) is 94.9 cm³/mol. The highest BCUT2D eigenvalue weighted by atomic mass is 16.6. The lowest BCUT2D eigenvalue weighted by Crippen LogP contribution is -2.21. The van der Waals surface area contributed by atoms with Gasteiger partial charge in [0.25, 0.3) is 11.2 Å². The summed E-state index contributed by atoms with van der Waals surface area (Å²) in [5.41, 5.74) is 1.59. The van der Waals surface area contributed by atoms with Gasteiger partial charge in [-0.05, 0) is 19.9 Å². The van der Waals surface area contributed by atoms with Crippen LogP contribution in [0.25, 0.3) is 16.7 Å². The Kier molecular flexibility index (Phi) is 3.80. The number of aryl methyl sites for hydroxylation is 2. The number of nitro groups is 1. The van der Waals surface area contributed by atoms with E-state index in [4.69, 9.17) is 4.52 Å². The molecule has 10 nitrogen and oxygen atoms in total. The summed E-state index contributed by atoms with van der Waals surface area (Å²) in [7, 11) is 0. The number of fused-ring (bicyclic) bond motifs is 1. The molecule has 27 heavy (non-hydrogen) atoms. The molecule has 0 aliphatic heterocycles. The van der Waals surface area contributed by atoms with Crippen molar-refractivity contribution in [2.45, 2.75) is 20.4 Å². The third kappa shape index (κ3) is 2.67. The molecule has 0 spiro atoms. The standard InChI is InChI=1S/C17H14N6O4/c1-10-13(11(2)27-20-10)8-21-9-18-16-12(17(21)24)7-19-22(16)14-5-3-4-6-15(14)23(25)26/h3-7,9H,8H2,1-2H3. The topological polar surface area (TPSA) is 122 Å². The van der Waals surface area contributed by atoms with Gasteiger partial charge < -0.3 is 4.52 Å². The molecular weight excluding hydrogens is 352 g/mol. The fourth-order valence-corrected chi connectivity index (χ4v) is 2.93. The number of nitrogens with zero attached hydrogens (tertiary/aromatic N) is 6. The molecule has 0 unspecified atom stereocenters. The summed E-state index contributed by atoms with van der Waals surface area (Å²) in [6.07, 6.45) is 2.76. The van der Waals surface area contributed by atoms with Gasteiger partial charge in [0.1, 0.15) is 23.2 Å². The highest BCUT2D eigenvalue weighted by Gasteiger charge is 2.19. The second-order valence-electron chi connectivity index (χ2n) is 6.02. The van der Waals surface area contributed by atoms with Gasteiger partial charge in [0.2, 0.25) is 0 Å². The van der Waals surface area contributed by atoms with Gasteiger partial charge in [-0.2, -0.15) is 5.10 Å². The van der Waals surface area contributed by atoms with Crippen molar-refractivity contribution in [3.8, 4) is 5.69 Å². The van der Waals surface area contributed by atoms with Crippen molar-refractivity contribution in [1.29, 1.82) is 0 Å². The van der Waals surface area contributed by atoms with Crippen LogP contribution in [0.15, 0.2) is 46.1 Å². The van der Waals surface area contributed by atoms with Gasteiger partial charge in [-0.1, -0.05) is 17.3 Å². The van der Waals surface area contributed by atoms with Crippen molar-refractivity contribution in [1.82, 2.24) is 24.5 Å². The Bertz CT molecular complexity index is 1220. The second kappa shape index (κ2) is 6.16. The van der Waals surface area contributed by atoms with E-state index < -0.39 is 4.92 Å². The smallest absolute Gasteiger partial charge is 0.294 e. The highest BCUT2D eigenvalue weighted by Crippen LogP contribution is 2.24. The van der Waals surface area contributed by atoms with E-state index in [0.29, 0.717) is 11.5 Å². The maximum atomic E-state index is 12.8. The summed E-state index contributed by atoms with van der Waals surface area (Å²) in [6.45, 7) is 3.84. The zero-order valence-electron chi connectivity index (χ0n) is 14.5. The largest absolute Gasteiger partial charge is 0.361 e. The first-order valence-electron chi connectivity index (χ1n) is 8.06. The van der Waals surface area contributed by atoms with Gasteiger partial charge >= 0.3 is 0 Å². The Morgan fingerprint density at radius 3 is 2.74 bits per heavy atom. The molecule has 0 aliphatic carbocycles. The average Bonchev–Trinajstić information content (AvgIpc) is 3.22. The summed E-state index contributed by atoms with van der Waals surface area (Å²) in [6, 6.07) is 6.16. The van der Waals surface area contributed by atoms with Crippen LogP contribution in [0, 0.1) is 24.0 Å². The molecule has 3 aromatic heterocycles. The zero-order valence-corrected chi connectivity index (χ0v) is 14.5. The zero-order chi connectivity index (χ0) is 19.1. The number of benzene rings is 1. The van der Waals surface area contributed by atoms with Gasteiger partial charge in [-0.25, -0.2) is 9.67 Å². The summed E-state index contributed by atoms with van der Waals surface area (Å²) in [5.74, 6) is 0.634. The Balaban J connectivity index is 1.84. The maximum absolute atomic E-state index is 12.8. The maximum Gasteiger partial charge on any atom is 0.294 e. The molecule has 0 atom stereocenters. The molecule has 3 heterocycles. The highest BCUT2D eigenvalue weighted by molar-refractivity contribution is 5.76. The molecule has 1 aromatic carbocycles. The number of nitro benzene ring substituents is 1. The molecule has 0 saturated carbocycles.